The highest BCUT2D eigenvalue weighted by Gasteiger charge is 2.29. The fourth-order valence-electron chi connectivity index (χ4n) is 2.67. The SMILES string of the molecule is Cc1nn(C)c2ncc(C(=O)O)c(SC3CCOC3C)c12. The quantitative estimate of drug-likeness (QED) is 0.937. The fourth-order valence-corrected chi connectivity index (χ4v) is 4.08. The van der Waals surface area contributed by atoms with Crippen LogP contribution in [0.1, 0.15) is 29.4 Å². The van der Waals surface area contributed by atoms with Crippen LogP contribution < -0.4 is 0 Å². The number of hydrogen-bond donors (Lipinski definition) is 1. The zero-order chi connectivity index (χ0) is 15.1. The van der Waals surface area contributed by atoms with Crippen LogP contribution in [0, 0.1) is 6.92 Å². The van der Waals surface area contributed by atoms with Crippen LogP contribution >= 0.6 is 11.8 Å². The van der Waals surface area contributed by atoms with Gasteiger partial charge in [-0.05, 0) is 20.3 Å². The number of carboxylic acids is 1. The number of pyridine rings is 1. The average molecular weight is 307 g/mol. The van der Waals surface area contributed by atoms with Crippen molar-refractivity contribution in [2.24, 2.45) is 7.05 Å². The zero-order valence-electron chi connectivity index (χ0n) is 12.2. The van der Waals surface area contributed by atoms with Crippen molar-refractivity contribution in [3.05, 3.63) is 17.5 Å². The number of hydrogen-bond acceptors (Lipinski definition) is 5. The van der Waals surface area contributed by atoms with E-state index in [0.29, 0.717) is 5.65 Å². The number of rotatable bonds is 3. The predicted octanol–water partition coefficient (Wildman–Crippen LogP) is 2.24. The topological polar surface area (TPSA) is 77.2 Å². The highest BCUT2D eigenvalue weighted by molar-refractivity contribution is 8.00. The van der Waals surface area contributed by atoms with E-state index in [1.807, 2.05) is 20.9 Å². The molecule has 0 aliphatic carbocycles. The third-order valence-electron chi connectivity index (χ3n) is 3.79. The van der Waals surface area contributed by atoms with E-state index in [9.17, 15) is 9.90 Å². The molecule has 7 heteroatoms. The lowest BCUT2D eigenvalue weighted by Gasteiger charge is -2.15. The first-order chi connectivity index (χ1) is 9.99. The van der Waals surface area contributed by atoms with Gasteiger partial charge < -0.3 is 9.84 Å². The first-order valence-electron chi connectivity index (χ1n) is 6.83. The van der Waals surface area contributed by atoms with Crippen molar-refractivity contribution in [2.75, 3.05) is 6.61 Å². The molecule has 2 aromatic heterocycles. The Morgan fingerprint density at radius 1 is 1.57 bits per heavy atom. The molecule has 1 fully saturated rings. The maximum Gasteiger partial charge on any atom is 0.338 e. The second kappa shape index (κ2) is 5.31. The zero-order valence-corrected chi connectivity index (χ0v) is 13.0. The smallest absolute Gasteiger partial charge is 0.338 e. The predicted molar refractivity (Wildman–Crippen MR) is 79.9 cm³/mol. The Morgan fingerprint density at radius 3 is 2.95 bits per heavy atom. The molecule has 1 aliphatic rings. The summed E-state index contributed by atoms with van der Waals surface area (Å²) in [6.07, 6.45) is 2.47. The van der Waals surface area contributed by atoms with Crippen LogP contribution in [0.2, 0.25) is 0 Å². The molecule has 112 valence electrons. The van der Waals surface area contributed by atoms with Gasteiger partial charge in [-0.2, -0.15) is 5.10 Å². The molecular weight excluding hydrogens is 290 g/mol. The Kier molecular flexibility index (Phi) is 3.62. The molecule has 2 atom stereocenters. The molecule has 0 aromatic carbocycles. The van der Waals surface area contributed by atoms with Crippen LogP contribution in [0.4, 0.5) is 0 Å². The molecule has 0 spiro atoms. The highest BCUT2D eigenvalue weighted by Crippen LogP contribution is 2.39. The second-order valence-electron chi connectivity index (χ2n) is 5.23. The van der Waals surface area contributed by atoms with E-state index in [0.717, 1.165) is 29.0 Å². The summed E-state index contributed by atoms with van der Waals surface area (Å²) >= 11 is 1.57. The summed E-state index contributed by atoms with van der Waals surface area (Å²) in [6, 6.07) is 0. The number of aromatic carboxylic acids is 1. The minimum absolute atomic E-state index is 0.122. The van der Waals surface area contributed by atoms with E-state index in [-0.39, 0.29) is 16.9 Å². The summed E-state index contributed by atoms with van der Waals surface area (Å²) in [6.45, 7) is 4.63. The molecule has 1 N–H and O–H groups in total. The maximum atomic E-state index is 11.5. The number of aromatic nitrogens is 3. The third kappa shape index (κ3) is 2.40. The monoisotopic (exact) mass is 307 g/mol. The minimum atomic E-state index is -0.957. The van der Waals surface area contributed by atoms with Crippen molar-refractivity contribution in [3.63, 3.8) is 0 Å². The van der Waals surface area contributed by atoms with Crippen molar-refractivity contribution in [2.45, 2.75) is 36.5 Å². The van der Waals surface area contributed by atoms with Crippen molar-refractivity contribution in [3.8, 4) is 0 Å². The molecule has 0 bridgehead atoms. The Bertz CT molecular complexity index is 713. The molecule has 3 heterocycles. The first-order valence-corrected chi connectivity index (χ1v) is 7.71. The summed E-state index contributed by atoms with van der Waals surface area (Å²) in [5.74, 6) is -0.957. The average Bonchev–Trinajstić information content (AvgIpc) is 2.95. The van der Waals surface area contributed by atoms with Gasteiger partial charge in [-0.25, -0.2) is 9.78 Å². The van der Waals surface area contributed by atoms with Gasteiger partial charge in [0.1, 0.15) is 0 Å². The van der Waals surface area contributed by atoms with Crippen LogP contribution in [0.25, 0.3) is 11.0 Å². The second-order valence-corrected chi connectivity index (χ2v) is 6.48. The molecule has 6 nitrogen and oxygen atoms in total. The Hall–Kier alpha value is -1.60. The van der Waals surface area contributed by atoms with Gasteiger partial charge in [-0.3, -0.25) is 4.68 Å². The number of thioether (sulfide) groups is 1. The molecule has 1 aliphatic heterocycles. The van der Waals surface area contributed by atoms with E-state index in [2.05, 4.69) is 10.1 Å². The molecule has 21 heavy (non-hydrogen) atoms. The number of fused-ring (bicyclic) bond motifs is 1. The van der Waals surface area contributed by atoms with Crippen LogP contribution in [-0.4, -0.2) is 43.8 Å². The molecule has 0 amide bonds. The van der Waals surface area contributed by atoms with Gasteiger partial charge in [0.25, 0.3) is 0 Å². The summed E-state index contributed by atoms with van der Waals surface area (Å²) in [4.78, 5) is 16.5. The molecular formula is C14H17N3O3S. The normalized spacial score (nSPS) is 22.0. The summed E-state index contributed by atoms with van der Waals surface area (Å²) in [7, 11) is 1.82. The number of carboxylic acid groups (broad SMARTS) is 1. The molecule has 0 saturated carbocycles. The van der Waals surface area contributed by atoms with Gasteiger partial charge in [0.2, 0.25) is 0 Å². The van der Waals surface area contributed by atoms with Gasteiger partial charge >= 0.3 is 5.97 Å². The van der Waals surface area contributed by atoms with Gasteiger partial charge in [0.05, 0.1) is 22.7 Å². The highest BCUT2D eigenvalue weighted by atomic mass is 32.2. The van der Waals surface area contributed by atoms with Crippen LogP contribution in [0.15, 0.2) is 11.1 Å². The number of carbonyl (C=O) groups is 1. The van der Waals surface area contributed by atoms with Gasteiger partial charge in [0, 0.05) is 30.0 Å². The lowest BCUT2D eigenvalue weighted by molar-refractivity contribution is 0.0693. The number of aryl methyl sites for hydroxylation is 2. The van der Waals surface area contributed by atoms with E-state index in [4.69, 9.17) is 4.74 Å². The van der Waals surface area contributed by atoms with E-state index in [1.165, 1.54) is 6.20 Å². The minimum Gasteiger partial charge on any atom is -0.478 e. The lowest BCUT2D eigenvalue weighted by Crippen LogP contribution is -2.14. The van der Waals surface area contributed by atoms with E-state index in [1.54, 1.807) is 16.4 Å². The van der Waals surface area contributed by atoms with E-state index < -0.39 is 5.97 Å². The molecule has 2 unspecified atom stereocenters. The van der Waals surface area contributed by atoms with Crippen LogP contribution in [0.3, 0.4) is 0 Å². The molecule has 3 rings (SSSR count). The van der Waals surface area contributed by atoms with Crippen LogP contribution in [-0.2, 0) is 11.8 Å². The molecule has 1 saturated heterocycles. The summed E-state index contributed by atoms with van der Waals surface area (Å²) < 4.78 is 7.27. The molecule has 2 aromatic rings. The van der Waals surface area contributed by atoms with Gasteiger partial charge in [-0.1, -0.05) is 0 Å². The van der Waals surface area contributed by atoms with Crippen molar-refractivity contribution in [1.29, 1.82) is 0 Å². The standard InChI is InChI=1S/C14H17N3O3S/c1-7-11-12(21-10-4-5-20-8(10)2)9(14(18)19)6-15-13(11)17(3)16-7/h6,8,10H,4-5H2,1-3H3,(H,18,19). The Balaban J connectivity index is 2.16. The molecule has 0 radical (unpaired) electrons. The summed E-state index contributed by atoms with van der Waals surface area (Å²) in [5.41, 5.74) is 1.76. The Labute approximate surface area is 126 Å². The van der Waals surface area contributed by atoms with Gasteiger partial charge in [-0.15, -0.1) is 11.8 Å². The Morgan fingerprint density at radius 2 is 2.33 bits per heavy atom. The fraction of sp³-hybridized carbons (Fsp3) is 0.500. The number of ether oxygens (including phenoxy) is 1. The summed E-state index contributed by atoms with van der Waals surface area (Å²) in [5, 5.41) is 14.9. The van der Waals surface area contributed by atoms with Gasteiger partial charge in [0.15, 0.2) is 5.65 Å². The maximum absolute atomic E-state index is 11.5. The largest absolute Gasteiger partial charge is 0.478 e. The first kappa shape index (κ1) is 14.3. The van der Waals surface area contributed by atoms with E-state index >= 15 is 0 Å². The van der Waals surface area contributed by atoms with Crippen molar-refractivity contribution in [1.82, 2.24) is 14.8 Å². The van der Waals surface area contributed by atoms with Crippen molar-refractivity contribution >= 4 is 28.8 Å². The lowest BCUT2D eigenvalue weighted by atomic mass is 10.2. The number of nitrogens with zero attached hydrogens (tertiary/aromatic N) is 3. The van der Waals surface area contributed by atoms with Crippen molar-refractivity contribution < 1.29 is 14.6 Å². The third-order valence-corrected chi connectivity index (χ3v) is 5.37. The van der Waals surface area contributed by atoms with Crippen LogP contribution in [0.5, 0.6) is 0 Å².